The first-order valence-electron chi connectivity index (χ1n) is 7.49. The van der Waals surface area contributed by atoms with E-state index in [0.717, 1.165) is 0 Å². The van der Waals surface area contributed by atoms with E-state index in [9.17, 15) is 14.0 Å². The van der Waals surface area contributed by atoms with Gasteiger partial charge in [0.15, 0.2) is 0 Å². The van der Waals surface area contributed by atoms with Crippen molar-refractivity contribution in [1.29, 1.82) is 0 Å². The fraction of sp³-hybridized carbons (Fsp3) is 0.0526. The summed E-state index contributed by atoms with van der Waals surface area (Å²) in [6, 6.07) is 16.9. The van der Waals surface area contributed by atoms with Crippen LogP contribution < -0.4 is 5.32 Å². The van der Waals surface area contributed by atoms with E-state index in [0.29, 0.717) is 11.3 Å². The number of carbonyl (C=O) groups excluding carboxylic acids is 2. The largest absolute Gasteiger partial charge is 0.457 e. The molecule has 2 aromatic carbocycles. The fourth-order valence-electron chi connectivity index (χ4n) is 2.20. The Hall–Kier alpha value is -3.41. The van der Waals surface area contributed by atoms with Crippen molar-refractivity contribution >= 4 is 17.6 Å². The Balaban J connectivity index is 1.81. The van der Waals surface area contributed by atoms with Crippen LogP contribution in [0.5, 0.6) is 0 Å². The number of ether oxygens (including phenoxy) is 1. The van der Waals surface area contributed by atoms with Gasteiger partial charge in [-0.1, -0.05) is 30.3 Å². The molecule has 1 N–H and O–H groups in total. The number of benzene rings is 2. The topological polar surface area (TPSA) is 68.5 Å². The summed E-state index contributed by atoms with van der Waals surface area (Å²) in [5, 5.41) is 2.60. The van der Waals surface area contributed by atoms with Gasteiger partial charge in [0.2, 0.25) is 11.9 Å². The third kappa shape index (κ3) is 4.11. The van der Waals surface area contributed by atoms with E-state index in [-0.39, 0.29) is 5.76 Å². The Morgan fingerprint density at radius 1 is 0.960 bits per heavy atom. The minimum Gasteiger partial charge on any atom is -0.457 e. The van der Waals surface area contributed by atoms with Gasteiger partial charge in [-0.2, -0.15) is 0 Å². The zero-order valence-corrected chi connectivity index (χ0v) is 13.0. The molecule has 1 aromatic heterocycles. The van der Waals surface area contributed by atoms with Crippen molar-refractivity contribution in [2.45, 2.75) is 6.10 Å². The van der Waals surface area contributed by atoms with Crippen LogP contribution in [0.25, 0.3) is 0 Å². The number of anilines is 1. The molecule has 0 radical (unpaired) electrons. The molecule has 0 saturated heterocycles. The molecule has 0 aliphatic rings. The molecule has 126 valence electrons. The van der Waals surface area contributed by atoms with Crippen molar-refractivity contribution in [3.05, 3.63) is 90.1 Å². The van der Waals surface area contributed by atoms with Crippen LogP contribution in [-0.2, 0) is 9.53 Å². The van der Waals surface area contributed by atoms with Gasteiger partial charge in [0.25, 0.3) is 5.91 Å². The van der Waals surface area contributed by atoms with Crippen LogP contribution in [0.15, 0.2) is 77.4 Å². The lowest BCUT2D eigenvalue weighted by molar-refractivity contribution is -0.125. The SMILES string of the molecule is O=C(OC(C(=O)Nc1ccc(F)cc1)c1ccccc1)c1ccco1. The first kappa shape index (κ1) is 16.4. The van der Waals surface area contributed by atoms with Crippen LogP contribution in [0.2, 0.25) is 0 Å². The van der Waals surface area contributed by atoms with Crippen molar-refractivity contribution in [2.24, 2.45) is 0 Å². The smallest absolute Gasteiger partial charge is 0.375 e. The maximum absolute atomic E-state index is 13.0. The number of amides is 1. The van der Waals surface area contributed by atoms with Gasteiger partial charge in [0.1, 0.15) is 5.82 Å². The predicted octanol–water partition coefficient (Wildman–Crippen LogP) is 3.96. The Morgan fingerprint density at radius 3 is 2.32 bits per heavy atom. The first-order valence-corrected chi connectivity index (χ1v) is 7.49. The van der Waals surface area contributed by atoms with E-state index in [1.807, 2.05) is 0 Å². The fourth-order valence-corrected chi connectivity index (χ4v) is 2.20. The first-order chi connectivity index (χ1) is 12.1. The molecule has 0 aliphatic heterocycles. The lowest BCUT2D eigenvalue weighted by Gasteiger charge is -2.17. The molecular weight excluding hydrogens is 325 g/mol. The standard InChI is InChI=1S/C19H14FNO4/c20-14-8-10-15(11-9-14)21-18(22)17(13-5-2-1-3-6-13)25-19(23)16-7-4-12-24-16/h1-12,17H,(H,21,22). The second-order valence-corrected chi connectivity index (χ2v) is 5.17. The monoisotopic (exact) mass is 339 g/mol. The van der Waals surface area contributed by atoms with E-state index in [1.165, 1.54) is 36.6 Å². The van der Waals surface area contributed by atoms with Crippen molar-refractivity contribution in [3.63, 3.8) is 0 Å². The molecule has 0 spiro atoms. The molecule has 0 saturated carbocycles. The number of nitrogens with one attached hydrogen (secondary N) is 1. The lowest BCUT2D eigenvalue weighted by Crippen LogP contribution is -2.25. The van der Waals surface area contributed by atoms with Gasteiger partial charge >= 0.3 is 5.97 Å². The van der Waals surface area contributed by atoms with Crippen LogP contribution in [0.1, 0.15) is 22.2 Å². The maximum Gasteiger partial charge on any atom is 0.375 e. The quantitative estimate of drug-likeness (QED) is 0.715. The lowest BCUT2D eigenvalue weighted by atomic mass is 10.1. The summed E-state index contributed by atoms with van der Waals surface area (Å²) in [6.07, 6.45) is 0.163. The van der Waals surface area contributed by atoms with E-state index in [4.69, 9.17) is 9.15 Å². The summed E-state index contributed by atoms with van der Waals surface area (Å²) < 4.78 is 23.3. The molecule has 3 rings (SSSR count). The molecular formula is C19H14FNO4. The molecule has 1 amide bonds. The molecule has 5 nitrogen and oxygen atoms in total. The zero-order valence-electron chi connectivity index (χ0n) is 13.0. The number of esters is 1. The molecule has 0 fully saturated rings. The molecule has 3 aromatic rings. The van der Waals surface area contributed by atoms with Crippen LogP contribution in [0.4, 0.5) is 10.1 Å². The van der Waals surface area contributed by atoms with E-state index >= 15 is 0 Å². The Morgan fingerprint density at radius 2 is 1.68 bits per heavy atom. The van der Waals surface area contributed by atoms with Crippen LogP contribution in [0.3, 0.4) is 0 Å². The number of hydrogen-bond acceptors (Lipinski definition) is 4. The van der Waals surface area contributed by atoms with Crippen molar-refractivity contribution in [2.75, 3.05) is 5.32 Å². The van der Waals surface area contributed by atoms with Gasteiger partial charge in [0.05, 0.1) is 6.26 Å². The van der Waals surface area contributed by atoms with Gasteiger partial charge in [-0.25, -0.2) is 9.18 Å². The summed E-state index contributed by atoms with van der Waals surface area (Å²) in [5.74, 6) is -1.73. The molecule has 6 heteroatoms. The molecule has 25 heavy (non-hydrogen) atoms. The van der Waals surface area contributed by atoms with Gasteiger partial charge in [-0.15, -0.1) is 0 Å². The van der Waals surface area contributed by atoms with E-state index in [2.05, 4.69) is 5.32 Å². The maximum atomic E-state index is 13.0. The highest BCUT2D eigenvalue weighted by Crippen LogP contribution is 2.22. The average Bonchev–Trinajstić information content (AvgIpc) is 3.17. The average molecular weight is 339 g/mol. The third-order valence-corrected chi connectivity index (χ3v) is 3.40. The molecule has 0 bridgehead atoms. The van der Waals surface area contributed by atoms with Gasteiger partial charge in [0, 0.05) is 11.3 Å². The summed E-state index contributed by atoms with van der Waals surface area (Å²) >= 11 is 0. The molecule has 1 unspecified atom stereocenters. The molecule has 1 heterocycles. The highest BCUT2D eigenvalue weighted by molar-refractivity contribution is 5.97. The van der Waals surface area contributed by atoms with Gasteiger partial charge in [-0.3, -0.25) is 4.79 Å². The van der Waals surface area contributed by atoms with Gasteiger partial charge < -0.3 is 14.5 Å². The number of halogens is 1. The highest BCUT2D eigenvalue weighted by Gasteiger charge is 2.26. The van der Waals surface area contributed by atoms with Gasteiger partial charge in [-0.05, 0) is 36.4 Å². The van der Waals surface area contributed by atoms with E-state index in [1.54, 1.807) is 36.4 Å². The number of hydrogen-bond donors (Lipinski definition) is 1. The molecule has 1 atom stereocenters. The van der Waals surface area contributed by atoms with E-state index < -0.39 is 23.8 Å². The van der Waals surface area contributed by atoms with Crippen molar-refractivity contribution in [1.82, 2.24) is 0 Å². The minimum absolute atomic E-state index is 0.00415. The summed E-state index contributed by atoms with van der Waals surface area (Å²) in [4.78, 5) is 24.7. The predicted molar refractivity (Wildman–Crippen MR) is 88.3 cm³/mol. The summed E-state index contributed by atoms with van der Waals surface area (Å²) in [6.45, 7) is 0. The van der Waals surface area contributed by atoms with Crippen LogP contribution in [-0.4, -0.2) is 11.9 Å². The third-order valence-electron chi connectivity index (χ3n) is 3.40. The Labute approximate surface area is 143 Å². The zero-order chi connectivity index (χ0) is 17.6. The number of carbonyl (C=O) groups is 2. The normalized spacial score (nSPS) is 11.6. The highest BCUT2D eigenvalue weighted by atomic mass is 19.1. The number of furan rings is 1. The second-order valence-electron chi connectivity index (χ2n) is 5.17. The number of rotatable bonds is 5. The Bertz CT molecular complexity index is 845. The summed E-state index contributed by atoms with van der Waals surface area (Å²) in [7, 11) is 0. The second kappa shape index (κ2) is 7.44. The summed E-state index contributed by atoms with van der Waals surface area (Å²) in [5.41, 5.74) is 0.892. The Kier molecular flexibility index (Phi) is 4.89. The van der Waals surface area contributed by atoms with Crippen LogP contribution in [0, 0.1) is 5.82 Å². The van der Waals surface area contributed by atoms with Crippen LogP contribution >= 0.6 is 0 Å². The van der Waals surface area contributed by atoms with Crippen molar-refractivity contribution in [3.8, 4) is 0 Å². The minimum atomic E-state index is -1.18. The van der Waals surface area contributed by atoms with Crippen molar-refractivity contribution < 1.29 is 23.1 Å². The molecule has 0 aliphatic carbocycles.